The van der Waals surface area contributed by atoms with Gasteiger partial charge in [0.05, 0.1) is 11.8 Å². The van der Waals surface area contributed by atoms with Gasteiger partial charge in [0.25, 0.3) is 0 Å². The second-order valence-corrected chi connectivity index (χ2v) is 5.46. The van der Waals surface area contributed by atoms with Crippen LogP contribution < -0.4 is 5.32 Å². The maximum Gasteiger partial charge on any atom is 0.166 e. The fourth-order valence-corrected chi connectivity index (χ4v) is 2.79. The third-order valence-corrected chi connectivity index (χ3v) is 4.02. The molecule has 0 spiro atoms. The summed E-state index contributed by atoms with van der Waals surface area (Å²) in [5.41, 5.74) is 0.556. The zero-order valence-electron chi connectivity index (χ0n) is 12.2. The smallest absolute Gasteiger partial charge is 0.166 e. The minimum atomic E-state index is 0.556. The first kappa shape index (κ1) is 14.7. The van der Waals surface area contributed by atoms with Gasteiger partial charge in [0.1, 0.15) is 6.07 Å². The minimum Gasteiger partial charge on any atom is -0.367 e. The predicted octanol–water partition coefficient (Wildman–Crippen LogP) is 2.41. The van der Waals surface area contributed by atoms with Crippen LogP contribution in [0.3, 0.4) is 0 Å². The van der Waals surface area contributed by atoms with Gasteiger partial charge in [0, 0.05) is 12.6 Å². The van der Waals surface area contributed by atoms with Crippen LogP contribution in [0.15, 0.2) is 12.3 Å². The molecule has 5 heteroatoms. The Morgan fingerprint density at radius 1 is 1.40 bits per heavy atom. The van der Waals surface area contributed by atoms with Crippen LogP contribution in [0.2, 0.25) is 0 Å². The summed E-state index contributed by atoms with van der Waals surface area (Å²) in [6.45, 7) is 1.91. The van der Waals surface area contributed by atoms with E-state index < -0.39 is 0 Å². The molecule has 108 valence electrons. The summed E-state index contributed by atoms with van der Waals surface area (Å²) >= 11 is 0. The van der Waals surface area contributed by atoms with Crippen LogP contribution in [0.5, 0.6) is 0 Å². The van der Waals surface area contributed by atoms with Gasteiger partial charge in [-0.15, -0.1) is 5.10 Å². The van der Waals surface area contributed by atoms with E-state index in [4.69, 9.17) is 5.26 Å². The zero-order valence-corrected chi connectivity index (χ0v) is 12.2. The molecule has 20 heavy (non-hydrogen) atoms. The van der Waals surface area contributed by atoms with Gasteiger partial charge >= 0.3 is 0 Å². The highest BCUT2D eigenvalue weighted by Crippen LogP contribution is 2.21. The van der Waals surface area contributed by atoms with Crippen molar-refractivity contribution < 1.29 is 0 Å². The Morgan fingerprint density at radius 2 is 2.20 bits per heavy atom. The van der Waals surface area contributed by atoms with Crippen molar-refractivity contribution in [3.8, 4) is 6.07 Å². The van der Waals surface area contributed by atoms with Gasteiger partial charge in [-0.3, -0.25) is 0 Å². The summed E-state index contributed by atoms with van der Waals surface area (Å²) in [4.78, 5) is 2.47. The van der Waals surface area contributed by atoms with Gasteiger partial charge in [0.2, 0.25) is 0 Å². The van der Waals surface area contributed by atoms with Crippen LogP contribution in [0, 0.1) is 11.3 Å². The second-order valence-electron chi connectivity index (χ2n) is 5.46. The van der Waals surface area contributed by atoms with Crippen LogP contribution >= 0.6 is 0 Å². The summed E-state index contributed by atoms with van der Waals surface area (Å²) in [6.07, 6.45) is 9.42. The minimum absolute atomic E-state index is 0.556. The van der Waals surface area contributed by atoms with Crippen molar-refractivity contribution in [3.05, 3.63) is 17.8 Å². The third kappa shape index (κ3) is 4.17. The van der Waals surface area contributed by atoms with Crippen molar-refractivity contribution >= 4 is 5.82 Å². The lowest BCUT2D eigenvalue weighted by atomic mass is 9.94. The van der Waals surface area contributed by atoms with Gasteiger partial charge in [-0.25, -0.2) is 0 Å². The third-order valence-electron chi connectivity index (χ3n) is 4.02. The summed E-state index contributed by atoms with van der Waals surface area (Å²) in [5.74, 6) is 0.593. The molecule has 0 radical (unpaired) electrons. The van der Waals surface area contributed by atoms with Crippen molar-refractivity contribution in [3.63, 3.8) is 0 Å². The highest BCUT2D eigenvalue weighted by Gasteiger charge is 2.17. The van der Waals surface area contributed by atoms with Gasteiger partial charge in [-0.1, -0.05) is 19.3 Å². The van der Waals surface area contributed by atoms with Crippen molar-refractivity contribution in [2.45, 2.75) is 44.6 Å². The average molecular weight is 273 g/mol. The van der Waals surface area contributed by atoms with Gasteiger partial charge in [-0.05, 0) is 38.9 Å². The number of aromatic nitrogens is 2. The molecule has 1 aromatic heterocycles. The first-order chi connectivity index (χ1) is 9.81. The van der Waals surface area contributed by atoms with Crippen molar-refractivity contribution in [2.24, 2.45) is 0 Å². The van der Waals surface area contributed by atoms with Crippen LogP contribution in [-0.2, 0) is 0 Å². The zero-order chi connectivity index (χ0) is 14.2. The molecule has 0 amide bonds. The van der Waals surface area contributed by atoms with E-state index in [1.165, 1.54) is 32.1 Å². The van der Waals surface area contributed by atoms with Crippen LogP contribution in [0.1, 0.15) is 44.1 Å². The normalized spacial score (nSPS) is 16.1. The summed E-state index contributed by atoms with van der Waals surface area (Å²) in [6, 6.07) is 4.56. The number of hydrogen-bond acceptors (Lipinski definition) is 5. The molecule has 1 aliphatic rings. The summed E-state index contributed by atoms with van der Waals surface area (Å²) < 4.78 is 0. The maximum atomic E-state index is 8.97. The van der Waals surface area contributed by atoms with E-state index in [0.29, 0.717) is 11.4 Å². The molecular formula is C15H23N5. The lowest BCUT2D eigenvalue weighted by molar-refractivity contribution is 0.191. The highest BCUT2D eigenvalue weighted by molar-refractivity contribution is 5.49. The van der Waals surface area contributed by atoms with Crippen LogP contribution in [0.25, 0.3) is 0 Å². The Labute approximate surface area is 121 Å². The van der Waals surface area contributed by atoms with Crippen molar-refractivity contribution in [1.82, 2.24) is 15.1 Å². The van der Waals surface area contributed by atoms with E-state index in [1.54, 1.807) is 12.3 Å². The largest absolute Gasteiger partial charge is 0.367 e. The number of rotatable bonds is 6. The number of anilines is 1. The van der Waals surface area contributed by atoms with E-state index >= 15 is 0 Å². The second kappa shape index (κ2) is 7.81. The van der Waals surface area contributed by atoms with Gasteiger partial charge in [0.15, 0.2) is 5.82 Å². The van der Waals surface area contributed by atoms with E-state index in [-0.39, 0.29) is 0 Å². The van der Waals surface area contributed by atoms with E-state index in [1.807, 2.05) is 0 Å². The van der Waals surface area contributed by atoms with Crippen LogP contribution in [0.4, 0.5) is 5.82 Å². The highest BCUT2D eigenvalue weighted by atomic mass is 15.2. The molecule has 0 aliphatic heterocycles. The first-order valence-electron chi connectivity index (χ1n) is 7.47. The van der Waals surface area contributed by atoms with Crippen LogP contribution in [-0.4, -0.2) is 41.3 Å². The summed E-state index contributed by atoms with van der Waals surface area (Å²) in [5, 5.41) is 19.9. The lowest BCUT2D eigenvalue weighted by Crippen LogP contribution is -2.34. The molecule has 1 aromatic rings. The quantitative estimate of drug-likeness (QED) is 0.806. The standard InChI is InChI=1S/C15H23N5/c1-20(14-6-3-2-4-7-14)11-5-9-17-15-13(12-16)8-10-18-19-15/h8,10,14H,2-7,9,11H2,1H3,(H,17,19). The molecule has 0 saturated heterocycles. The number of nitrogens with one attached hydrogen (secondary N) is 1. The SMILES string of the molecule is CN(CCCNc1nnccc1C#N)C1CCCCC1. The Balaban J connectivity index is 1.69. The molecule has 0 unspecified atom stereocenters. The predicted molar refractivity (Wildman–Crippen MR) is 79.4 cm³/mol. The molecule has 0 bridgehead atoms. The topological polar surface area (TPSA) is 64.8 Å². The van der Waals surface area contributed by atoms with E-state index in [2.05, 4.69) is 33.5 Å². The van der Waals surface area contributed by atoms with E-state index in [9.17, 15) is 0 Å². The number of nitrogens with zero attached hydrogens (tertiary/aromatic N) is 4. The molecular weight excluding hydrogens is 250 g/mol. The molecule has 2 rings (SSSR count). The van der Waals surface area contributed by atoms with Crippen molar-refractivity contribution in [2.75, 3.05) is 25.5 Å². The maximum absolute atomic E-state index is 8.97. The number of nitriles is 1. The van der Waals surface area contributed by atoms with E-state index in [0.717, 1.165) is 25.6 Å². The lowest BCUT2D eigenvalue weighted by Gasteiger charge is -2.31. The average Bonchev–Trinajstić information content (AvgIpc) is 2.52. The molecule has 1 aliphatic carbocycles. The Kier molecular flexibility index (Phi) is 5.75. The first-order valence-corrected chi connectivity index (χ1v) is 7.47. The summed E-state index contributed by atoms with van der Waals surface area (Å²) in [7, 11) is 2.22. The Hall–Kier alpha value is -1.67. The monoisotopic (exact) mass is 273 g/mol. The molecule has 0 aromatic carbocycles. The number of hydrogen-bond donors (Lipinski definition) is 1. The molecule has 1 saturated carbocycles. The Morgan fingerprint density at radius 3 is 2.95 bits per heavy atom. The molecule has 1 N–H and O–H groups in total. The molecule has 5 nitrogen and oxygen atoms in total. The molecule has 0 atom stereocenters. The molecule has 1 heterocycles. The fourth-order valence-electron chi connectivity index (χ4n) is 2.79. The van der Waals surface area contributed by atoms with Gasteiger partial charge < -0.3 is 10.2 Å². The molecule has 1 fully saturated rings. The fraction of sp³-hybridized carbons (Fsp3) is 0.667. The van der Waals surface area contributed by atoms with Gasteiger partial charge in [-0.2, -0.15) is 10.4 Å². The van der Waals surface area contributed by atoms with Crippen molar-refractivity contribution in [1.29, 1.82) is 5.26 Å². The Bertz CT molecular complexity index is 448.